The summed E-state index contributed by atoms with van der Waals surface area (Å²) in [4.78, 5) is 45.2. The highest BCUT2D eigenvalue weighted by molar-refractivity contribution is 7.98. The molecule has 0 radical (unpaired) electrons. The number of benzene rings is 2. The normalized spacial score (nSPS) is 14.5. The second-order valence-corrected chi connectivity index (χ2v) is 15.2. The molecule has 51 heavy (non-hydrogen) atoms. The predicted molar refractivity (Wildman–Crippen MR) is 211 cm³/mol. The molecule has 268 valence electrons. The second kappa shape index (κ2) is 16.9. The van der Waals surface area contributed by atoms with Crippen molar-refractivity contribution in [3.8, 4) is 22.5 Å². The summed E-state index contributed by atoms with van der Waals surface area (Å²) in [6.45, 7) is 0.667. The fourth-order valence-corrected chi connectivity index (χ4v) is 8.27. The third-order valence-corrected chi connectivity index (χ3v) is 11.3. The summed E-state index contributed by atoms with van der Waals surface area (Å²) in [6, 6.07) is 12.1. The largest absolute Gasteiger partial charge is 0.482 e. The number of nitrogens with zero attached hydrogens (tertiary/aromatic N) is 1. The number of pyridine rings is 2. The number of carboxylic acid groups (broad SMARTS) is 1. The number of aliphatic carboxylic acids is 1. The molecule has 5 N–H and O–H groups in total. The van der Waals surface area contributed by atoms with Crippen molar-refractivity contribution in [2.45, 2.75) is 70.6 Å². The van der Waals surface area contributed by atoms with Crippen LogP contribution in [0.4, 0.5) is 11.4 Å². The SMILES string of the molecule is CSCCC(=O)O.CSCCOC=Nc1cccc2c1Cc1c-2[nH]c(=O)c2c1CCCC2.Nc1cccc2c1Cc1c-2[nH]c(=O)c2c1CCCC2. The van der Waals surface area contributed by atoms with Gasteiger partial charge in [0.2, 0.25) is 0 Å². The van der Waals surface area contributed by atoms with Crippen LogP contribution >= 0.6 is 23.5 Å². The number of carboxylic acids is 1. The lowest BCUT2D eigenvalue weighted by Gasteiger charge is -2.18. The molecule has 4 aliphatic rings. The Labute approximate surface area is 306 Å². The molecule has 0 spiro atoms. The van der Waals surface area contributed by atoms with Gasteiger partial charge in [-0.1, -0.05) is 24.3 Å². The maximum Gasteiger partial charge on any atom is 0.304 e. The number of thioether (sulfide) groups is 2. The standard InChI is InChI=1S/C20H22N2O2S.C16H16N2O.C4H8O2S/c1-25-10-9-24-12-21-18-8-4-7-14-16(18)11-17-13-5-2-3-6-15(13)20(23)22-19(14)17;17-14-7-3-6-10-12(14)8-13-9-4-1-2-5-11(9)16(19)18-15(10)13;1-7-3-2-4(5)6/h4,7-8,12H,2-3,5-6,9-11H2,1H3,(H,22,23);3,6-7H,1-2,4-5,8,17H2,(H,18,19);2-3H2,1H3,(H,5,6). The smallest absolute Gasteiger partial charge is 0.304 e. The van der Waals surface area contributed by atoms with Gasteiger partial charge in [0.15, 0.2) is 6.40 Å². The van der Waals surface area contributed by atoms with Crippen molar-refractivity contribution >= 4 is 47.3 Å². The lowest BCUT2D eigenvalue weighted by Crippen LogP contribution is -2.21. The van der Waals surface area contributed by atoms with E-state index in [4.69, 9.17) is 15.6 Å². The van der Waals surface area contributed by atoms with Gasteiger partial charge in [-0.3, -0.25) is 14.4 Å². The molecular formula is C40H46N4O5S2. The minimum atomic E-state index is -0.714. The molecular weight excluding hydrogens is 681 g/mol. The van der Waals surface area contributed by atoms with Gasteiger partial charge in [-0.15, -0.1) is 0 Å². The number of rotatable bonds is 8. The maximum atomic E-state index is 12.5. The van der Waals surface area contributed by atoms with E-state index < -0.39 is 5.97 Å². The lowest BCUT2D eigenvalue weighted by atomic mass is 9.88. The number of anilines is 1. The topological polar surface area (TPSA) is 151 Å². The van der Waals surface area contributed by atoms with Crippen LogP contribution < -0.4 is 16.9 Å². The van der Waals surface area contributed by atoms with Crippen molar-refractivity contribution in [1.29, 1.82) is 0 Å². The van der Waals surface area contributed by atoms with E-state index in [-0.39, 0.29) is 17.5 Å². The van der Waals surface area contributed by atoms with Gasteiger partial charge in [-0.25, -0.2) is 4.99 Å². The van der Waals surface area contributed by atoms with E-state index in [9.17, 15) is 14.4 Å². The Bertz CT molecular complexity index is 2070. The van der Waals surface area contributed by atoms with E-state index in [1.54, 1.807) is 29.9 Å². The number of nitrogens with two attached hydrogens (primary N) is 1. The Morgan fingerprint density at radius 1 is 0.765 bits per heavy atom. The molecule has 2 aromatic carbocycles. The van der Waals surface area contributed by atoms with Crippen molar-refractivity contribution in [1.82, 2.24) is 9.97 Å². The van der Waals surface area contributed by atoms with Gasteiger partial charge in [-0.2, -0.15) is 23.5 Å². The summed E-state index contributed by atoms with van der Waals surface area (Å²) in [5.74, 6) is 0.960. The highest BCUT2D eigenvalue weighted by Crippen LogP contribution is 2.43. The van der Waals surface area contributed by atoms with Crippen LogP contribution in [0.25, 0.3) is 22.5 Å². The number of fused-ring (bicyclic) bond motifs is 10. The van der Waals surface area contributed by atoms with Gasteiger partial charge >= 0.3 is 5.97 Å². The first-order valence-corrected chi connectivity index (χ1v) is 20.5. The van der Waals surface area contributed by atoms with E-state index in [1.165, 1.54) is 46.2 Å². The molecule has 4 aliphatic carbocycles. The Kier molecular flexibility index (Phi) is 12.1. The molecule has 9 nitrogen and oxygen atoms in total. The van der Waals surface area contributed by atoms with Gasteiger partial charge in [0.05, 0.1) is 30.1 Å². The molecule has 0 saturated heterocycles. The zero-order valence-corrected chi connectivity index (χ0v) is 31.0. The maximum absolute atomic E-state index is 12.5. The van der Waals surface area contributed by atoms with Gasteiger partial charge in [-0.05, 0) is 109 Å². The number of nitrogen functional groups attached to an aromatic ring is 1. The van der Waals surface area contributed by atoms with Crippen molar-refractivity contribution in [3.63, 3.8) is 0 Å². The number of nitrogens with one attached hydrogen (secondary N) is 2. The molecule has 0 unspecified atom stereocenters. The average molecular weight is 727 g/mol. The van der Waals surface area contributed by atoms with Crippen LogP contribution in [0.2, 0.25) is 0 Å². The Hall–Kier alpha value is -4.22. The average Bonchev–Trinajstić information content (AvgIpc) is 3.72. The zero-order chi connectivity index (χ0) is 35.9. The first-order chi connectivity index (χ1) is 24.8. The molecule has 2 aromatic heterocycles. The molecule has 0 amide bonds. The summed E-state index contributed by atoms with van der Waals surface area (Å²) in [6.07, 6.45) is 16.0. The van der Waals surface area contributed by atoms with E-state index in [2.05, 4.69) is 33.3 Å². The second-order valence-electron chi connectivity index (χ2n) is 13.2. The fraction of sp³-hybridized carbons (Fsp3) is 0.400. The van der Waals surface area contributed by atoms with Gasteiger partial charge < -0.3 is 25.5 Å². The number of aromatic nitrogens is 2. The van der Waals surface area contributed by atoms with Crippen molar-refractivity contribution in [2.75, 3.05) is 36.4 Å². The molecule has 11 heteroatoms. The van der Waals surface area contributed by atoms with Crippen molar-refractivity contribution < 1.29 is 14.6 Å². The quantitative estimate of drug-likeness (QED) is 0.0562. The lowest BCUT2D eigenvalue weighted by molar-refractivity contribution is -0.136. The molecule has 0 fully saturated rings. The summed E-state index contributed by atoms with van der Waals surface area (Å²) in [5, 5.41) is 8.03. The first kappa shape index (κ1) is 36.6. The molecule has 0 bridgehead atoms. The highest BCUT2D eigenvalue weighted by atomic mass is 32.2. The third kappa shape index (κ3) is 7.99. The van der Waals surface area contributed by atoms with Crippen molar-refractivity contribution in [3.05, 3.63) is 102 Å². The van der Waals surface area contributed by atoms with E-state index in [0.717, 1.165) is 108 Å². The number of hydrogen-bond acceptors (Lipinski definition) is 8. The summed E-state index contributed by atoms with van der Waals surface area (Å²) in [5.41, 5.74) is 21.8. The van der Waals surface area contributed by atoms with Crippen molar-refractivity contribution in [2.24, 2.45) is 4.99 Å². The number of carbonyl (C=O) groups is 1. The molecule has 0 aliphatic heterocycles. The van der Waals surface area contributed by atoms with Crippen LogP contribution in [-0.4, -0.2) is 58.1 Å². The molecule has 8 rings (SSSR count). The van der Waals surface area contributed by atoms with E-state index in [1.807, 2.05) is 30.5 Å². The zero-order valence-electron chi connectivity index (χ0n) is 29.4. The van der Waals surface area contributed by atoms with Crippen LogP contribution in [0, 0.1) is 0 Å². The van der Waals surface area contributed by atoms with Gasteiger partial charge in [0.25, 0.3) is 11.1 Å². The Morgan fingerprint density at radius 2 is 1.29 bits per heavy atom. The van der Waals surface area contributed by atoms with Crippen LogP contribution in [0.3, 0.4) is 0 Å². The molecule has 2 heterocycles. The third-order valence-electron chi connectivity index (χ3n) is 10.1. The predicted octanol–water partition coefficient (Wildman–Crippen LogP) is 7.10. The summed E-state index contributed by atoms with van der Waals surface area (Å²) in [7, 11) is 0. The van der Waals surface area contributed by atoms with E-state index >= 15 is 0 Å². The number of H-pyrrole nitrogens is 2. The molecule has 0 saturated carbocycles. The summed E-state index contributed by atoms with van der Waals surface area (Å²) >= 11 is 3.30. The Morgan fingerprint density at radius 3 is 1.84 bits per heavy atom. The minimum absolute atomic E-state index is 0.0932. The van der Waals surface area contributed by atoms with Crippen LogP contribution in [0.5, 0.6) is 0 Å². The van der Waals surface area contributed by atoms with Gasteiger partial charge in [0, 0.05) is 52.3 Å². The monoisotopic (exact) mass is 726 g/mol. The number of ether oxygens (including phenoxy) is 1. The Balaban J connectivity index is 0.000000152. The summed E-state index contributed by atoms with van der Waals surface area (Å²) < 4.78 is 5.45. The number of hydrogen-bond donors (Lipinski definition) is 4. The van der Waals surface area contributed by atoms with Gasteiger partial charge in [0.1, 0.15) is 0 Å². The van der Waals surface area contributed by atoms with E-state index in [0.29, 0.717) is 6.61 Å². The van der Waals surface area contributed by atoms with Crippen LogP contribution in [0.1, 0.15) is 76.6 Å². The first-order valence-electron chi connectivity index (χ1n) is 17.7. The highest BCUT2D eigenvalue weighted by Gasteiger charge is 2.29. The minimum Gasteiger partial charge on any atom is -0.482 e. The fourth-order valence-electron chi connectivity index (χ4n) is 7.63. The number of aliphatic imine (C=N–C) groups is 1. The van der Waals surface area contributed by atoms with Crippen LogP contribution in [-0.2, 0) is 48.1 Å². The van der Waals surface area contributed by atoms with Crippen LogP contribution in [0.15, 0.2) is 51.0 Å². The molecule has 4 aromatic rings. The molecule has 0 atom stereocenters. The number of aromatic amines is 2.